The highest BCUT2D eigenvalue weighted by Gasteiger charge is 2.30. The van der Waals surface area contributed by atoms with Gasteiger partial charge in [0, 0.05) is 38.4 Å². The first-order chi connectivity index (χ1) is 12.6. The lowest BCUT2D eigenvalue weighted by Crippen LogP contribution is -2.43. The number of nitriles is 1. The summed E-state index contributed by atoms with van der Waals surface area (Å²) in [5, 5.41) is 12.1. The summed E-state index contributed by atoms with van der Waals surface area (Å²) in [5.41, 5.74) is 0.679. The van der Waals surface area contributed by atoms with Crippen LogP contribution in [0.1, 0.15) is 12.8 Å². The molecule has 0 aromatic heterocycles. The van der Waals surface area contributed by atoms with Crippen LogP contribution in [0.4, 0.5) is 14.9 Å². The number of urea groups is 1. The van der Waals surface area contributed by atoms with E-state index in [0.717, 1.165) is 12.8 Å². The number of hydrogen-bond donors (Lipinski definition) is 1. The molecule has 0 radical (unpaired) electrons. The molecule has 7 nitrogen and oxygen atoms in total. The van der Waals surface area contributed by atoms with Crippen LogP contribution in [0, 0.1) is 17.1 Å². The van der Waals surface area contributed by atoms with E-state index in [9.17, 15) is 14.0 Å². The Morgan fingerprint density at radius 3 is 2.77 bits per heavy atom. The molecule has 2 fully saturated rings. The van der Waals surface area contributed by atoms with Crippen LogP contribution in [0.25, 0.3) is 0 Å². The fourth-order valence-electron chi connectivity index (χ4n) is 3.36. The summed E-state index contributed by atoms with van der Waals surface area (Å²) >= 11 is 0. The van der Waals surface area contributed by atoms with Crippen molar-refractivity contribution >= 4 is 17.6 Å². The van der Waals surface area contributed by atoms with E-state index in [1.807, 2.05) is 0 Å². The third-order valence-electron chi connectivity index (χ3n) is 4.79. The minimum Gasteiger partial charge on any atom is -0.326 e. The fraction of sp³-hybridized carbons (Fsp3) is 0.500. The van der Waals surface area contributed by atoms with Gasteiger partial charge in [-0.1, -0.05) is 0 Å². The van der Waals surface area contributed by atoms with Gasteiger partial charge >= 0.3 is 6.03 Å². The number of carbonyl (C=O) groups excluding carboxylic acids is 2. The number of amides is 3. The van der Waals surface area contributed by atoms with Crippen LogP contribution in [0.3, 0.4) is 0 Å². The molecule has 0 bridgehead atoms. The average molecular weight is 359 g/mol. The quantitative estimate of drug-likeness (QED) is 0.774. The third kappa shape index (κ3) is 3.94. The average Bonchev–Trinajstić information content (AvgIpc) is 3.26. The Morgan fingerprint density at radius 1 is 1.27 bits per heavy atom. The van der Waals surface area contributed by atoms with Crippen molar-refractivity contribution in [1.82, 2.24) is 15.1 Å². The molecular formula is C18H22FN5O2. The first-order valence-electron chi connectivity index (χ1n) is 8.82. The van der Waals surface area contributed by atoms with E-state index in [1.165, 1.54) is 12.1 Å². The summed E-state index contributed by atoms with van der Waals surface area (Å²) in [6.45, 7) is 2.94. The van der Waals surface area contributed by atoms with Crippen LogP contribution in [0.15, 0.2) is 24.3 Å². The molecule has 0 aliphatic carbocycles. The highest BCUT2D eigenvalue weighted by atomic mass is 19.1. The summed E-state index contributed by atoms with van der Waals surface area (Å²) < 4.78 is 13.0. The molecule has 2 aliphatic heterocycles. The van der Waals surface area contributed by atoms with Crippen molar-refractivity contribution in [1.29, 1.82) is 5.26 Å². The first kappa shape index (κ1) is 18.1. The zero-order chi connectivity index (χ0) is 18.5. The molecule has 1 atom stereocenters. The van der Waals surface area contributed by atoms with Gasteiger partial charge in [-0.3, -0.25) is 9.69 Å². The van der Waals surface area contributed by atoms with Gasteiger partial charge in [-0.05, 0) is 37.1 Å². The standard InChI is InChI=1S/C18H22FN5O2/c19-14-3-5-15(6-4-14)24-11-10-22(18(24)26)9-7-21-13-17(25)23-8-1-2-16(23)12-20/h3-6,16,21H,1-2,7-11,13H2/t16-/m1/s1. The van der Waals surface area contributed by atoms with E-state index in [-0.39, 0.29) is 30.3 Å². The lowest BCUT2D eigenvalue weighted by atomic mass is 10.2. The van der Waals surface area contributed by atoms with Gasteiger partial charge in [0.05, 0.1) is 12.6 Å². The van der Waals surface area contributed by atoms with Gasteiger partial charge in [-0.15, -0.1) is 0 Å². The molecule has 0 unspecified atom stereocenters. The van der Waals surface area contributed by atoms with Crippen molar-refractivity contribution in [2.45, 2.75) is 18.9 Å². The predicted octanol–water partition coefficient (Wildman–Crippen LogP) is 1.17. The molecule has 138 valence electrons. The number of nitrogens with zero attached hydrogens (tertiary/aromatic N) is 4. The molecule has 2 aliphatic rings. The monoisotopic (exact) mass is 359 g/mol. The lowest BCUT2D eigenvalue weighted by molar-refractivity contribution is -0.130. The Morgan fingerprint density at radius 2 is 2.04 bits per heavy atom. The van der Waals surface area contributed by atoms with Crippen LogP contribution in [-0.4, -0.2) is 67.0 Å². The van der Waals surface area contributed by atoms with Gasteiger partial charge < -0.3 is 15.1 Å². The maximum Gasteiger partial charge on any atom is 0.324 e. The van der Waals surface area contributed by atoms with Gasteiger partial charge in [-0.2, -0.15) is 5.26 Å². The normalized spacial score (nSPS) is 19.9. The van der Waals surface area contributed by atoms with Gasteiger partial charge in [-0.25, -0.2) is 9.18 Å². The zero-order valence-electron chi connectivity index (χ0n) is 14.5. The van der Waals surface area contributed by atoms with Gasteiger partial charge in [0.25, 0.3) is 0 Å². The molecular weight excluding hydrogens is 337 g/mol. The summed E-state index contributed by atoms with van der Waals surface area (Å²) in [6.07, 6.45) is 1.61. The molecule has 3 rings (SSSR count). The second kappa shape index (κ2) is 8.15. The van der Waals surface area contributed by atoms with Crippen molar-refractivity contribution in [3.63, 3.8) is 0 Å². The van der Waals surface area contributed by atoms with Crippen LogP contribution >= 0.6 is 0 Å². The fourth-order valence-corrected chi connectivity index (χ4v) is 3.36. The molecule has 3 amide bonds. The molecule has 8 heteroatoms. The van der Waals surface area contributed by atoms with Crippen LogP contribution < -0.4 is 10.2 Å². The van der Waals surface area contributed by atoms with Crippen molar-refractivity contribution in [2.24, 2.45) is 0 Å². The number of halogens is 1. The molecule has 1 N–H and O–H groups in total. The largest absolute Gasteiger partial charge is 0.326 e. The zero-order valence-corrected chi connectivity index (χ0v) is 14.5. The Balaban J connectivity index is 1.42. The molecule has 1 aromatic carbocycles. The third-order valence-corrected chi connectivity index (χ3v) is 4.79. The van der Waals surface area contributed by atoms with Crippen molar-refractivity contribution in [2.75, 3.05) is 44.2 Å². The van der Waals surface area contributed by atoms with Crippen molar-refractivity contribution in [3.05, 3.63) is 30.1 Å². The van der Waals surface area contributed by atoms with Gasteiger partial charge in [0.15, 0.2) is 0 Å². The van der Waals surface area contributed by atoms with Crippen LogP contribution in [0.2, 0.25) is 0 Å². The SMILES string of the molecule is N#C[C@H]1CCCN1C(=O)CNCCN1CCN(c2ccc(F)cc2)C1=O. The smallest absolute Gasteiger partial charge is 0.324 e. The van der Waals surface area contributed by atoms with E-state index in [4.69, 9.17) is 5.26 Å². The Labute approximate surface area is 152 Å². The Kier molecular flexibility index (Phi) is 5.68. The van der Waals surface area contributed by atoms with E-state index in [0.29, 0.717) is 38.4 Å². The second-order valence-electron chi connectivity index (χ2n) is 6.45. The molecule has 2 saturated heterocycles. The number of carbonyl (C=O) groups is 2. The molecule has 0 spiro atoms. The number of rotatable bonds is 6. The summed E-state index contributed by atoms with van der Waals surface area (Å²) in [6, 6.07) is 7.59. The number of hydrogen-bond acceptors (Lipinski definition) is 4. The van der Waals surface area contributed by atoms with Gasteiger partial charge in [0.1, 0.15) is 11.9 Å². The van der Waals surface area contributed by atoms with E-state index < -0.39 is 0 Å². The van der Waals surface area contributed by atoms with E-state index in [1.54, 1.807) is 26.8 Å². The maximum absolute atomic E-state index is 13.0. The molecule has 0 saturated carbocycles. The van der Waals surface area contributed by atoms with Crippen molar-refractivity contribution in [3.8, 4) is 6.07 Å². The summed E-state index contributed by atoms with van der Waals surface area (Å²) in [5.74, 6) is -0.405. The minimum atomic E-state index is -0.331. The number of anilines is 1. The molecule has 2 heterocycles. The van der Waals surface area contributed by atoms with Crippen LogP contribution in [-0.2, 0) is 4.79 Å². The predicted molar refractivity (Wildman–Crippen MR) is 93.9 cm³/mol. The summed E-state index contributed by atoms with van der Waals surface area (Å²) in [7, 11) is 0. The van der Waals surface area contributed by atoms with E-state index >= 15 is 0 Å². The number of nitrogens with one attached hydrogen (secondary N) is 1. The minimum absolute atomic E-state index is 0.0743. The topological polar surface area (TPSA) is 79.7 Å². The first-order valence-corrected chi connectivity index (χ1v) is 8.82. The van der Waals surface area contributed by atoms with Crippen LogP contribution in [0.5, 0.6) is 0 Å². The summed E-state index contributed by atoms with van der Waals surface area (Å²) in [4.78, 5) is 29.5. The molecule has 1 aromatic rings. The Hall–Kier alpha value is -2.66. The van der Waals surface area contributed by atoms with Gasteiger partial charge in [0.2, 0.25) is 5.91 Å². The highest BCUT2D eigenvalue weighted by molar-refractivity contribution is 5.94. The lowest BCUT2D eigenvalue weighted by Gasteiger charge is -2.21. The Bertz CT molecular complexity index is 703. The number of likely N-dealkylation sites (tertiary alicyclic amines) is 1. The molecule has 26 heavy (non-hydrogen) atoms. The highest BCUT2D eigenvalue weighted by Crippen LogP contribution is 2.20. The van der Waals surface area contributed by atoms with Crippen molar-refractivity contribution < 1.29 is 14.0 Å². The number of benzene rings is 1. The van der Waals surface area contributed by atoms with E-state index in [2.05, 4.69) is 11.4 Å². The maximum atomic E-state index is 13.0. The second-order valence-corrected chi connectivity index (χ2v) is 6.45.